The van der Waals surface area contributed by atoms with Crippen LogP contribution < -0.4 is 20.9 Å². The number of carbonyl (C=O) groups excluding carboxylic acids is 4. The topological polar surface area (TPSA) is 226 Å². The second kappa shape index (κ2) is 15.7. The Morgan fingerprint density at radius 2 is 1.76 bits per heavy atom. The molecule has 7 rings (SSSR count). The molecule has 3 aromatic carbocycles. The quantitative estimate of drug-likeness (QED) is 0.123. The maximum Gasteiger partial charge on any atom is 0.352 e. The number of amides is 5. The lowest BCUT2D eigenvalue weighted by molar-refractivity contribution is -0.149. The number of anilines is 3. The minimum atomic E-state index is -1.15. The molecule has 0 bridgehead atoms. The number of nitrogens with zero attached hydrogens (tertiary/aromatic N) is 6. The van der Waals surface area contributed by atoms with Crippen molar-refractivity contribution in [3.63, 3.8) is 0 Å². The molecule has 0 spiro atoms. The van der Waals surface area contributed by atoms with Crippen molar-refractivity contribution in [1.82, 2.24) is 35.4 Å². The maximum atomic E-state index is 14.1. The molecule has 2 saturated heterocycles. The highest BCUT2D eigenvalue weighted by Crippen LogP contribution is 2.30. The van der Waals surface area contributed by atoms with E-state index in [1.807, 2.05) is 0 Å². The Labute approximate surface area is 311 Å². The number of aromatic nitrogens is 5. The van der Waals surface area contributed by atoms with E-state index in [4.69, 9.17) is 21.1 Å². The van der Waals surface area contributed by atoms with Crippen LogP contribution in [0.1, 0.15) is 16.1 Å². The number of ether oxygens (including phenoxy) is 2. The van der Waals surface area contributed by atoms with E-state index in [1.165, 1.54) is 32.9 Å². The van der Waals surface area contributed by atoms with Gasteiger partial charge in [0.1, 0.15) is 18.1 Å². The molecule has 5 aromatic rings. The number of nitrogens with one attached hydrogen (secondary N) is 4. The minimum Gasteiger partial charge on any atom is -0.477 e. The normalized spacial score (nSPS) is 16.6. The average molecular weight is 757 g/mol. The highest BCUT2D eigenvalue weighted by Gasteiger charge is 2.40. The van der Waals surface area contributed by atoms with Crippen LogP contribution in [-0.2, 0) is 30.3 Å². The Hall–Kier alpha value is -6.37. The first-order valence-electron chi connectivity index (χ1n) is 16.8. The first kappa shape index (κ1) is 36.0. The summed E-state index contributed by atoms with van der Waals surface area (Å²) in [4.78, 5) is 71.1. The molecule has 2 aliphatic rings. The number of benzene rings is 3. The fourth-order valence-electron chi connectivity index (χ4n) is 6.23. The standard InChI is InChI=1S/C35H33ClN10O8/c36-22-3-8-28(46-19-38-42-43-46)29(16-22)44-9-10-45(33(49)32(44)48)30(31(47)39-24-6-7-26-21(14-24)15-27(41-26)34(50)51)13-20-1-4-23(5-2-20)40-35(52)37-17-25-18-53-11-12-54-25/h1-8,14-16,19,25,30,41H,9-13,17-18H2,(H,39,47)(H,50,51)(H2,37,40,52)/t25?,30-/m0/s1. The first-order valence-corrected chi connectivity index (χ1v) is 17.2. The van der Waals surface area contributed by atoms with Crippen molar-refractivity contribution in [2.24, 2.45) is 0 Å². The van der Waals surface area contributed by atoms with Gasteiger partial charge in [0.2, 0.25) is 5.91 Å². The van der Waals surface area contributed by atoms with Crippen molar-refractivity contribution in [1.29, 1.82) is 0 Å². The Morgan fingerprint density at radius 3 is 2.50 bits per heavy atom. The van der Waals surface area contributed by atoms with Gasteiger partial charge in [-0.1, -0.05) is 23.7 Å². The van der Waals surface area contributed by atoms with Gasteiger partial charge in [0.15, 0.2) is 0 Å². The Morgan fingerprint density at radius 1 is 0.944 bits per heavy atom. The lowest BCUT2D eigenvalue weighted by atomic mass is 10.0. The second-order valence-corrected chi connectivity index (χ2v) is 12.9. The van der Waals surface area contributed by atoms with Gasteiger partial charge < -0.3 is 45.3 Å². The third-order valence-electron chi connectivity index (χ3n) is 8.89. The number of urea groups is 1. The average Bonchev–Trinajstić information content (AvgIpc) is 3.86. The molecular weight excluding hydrogens is 724 g/mol. The van der Waals surface area contributed by atoms with E-state index in [1.54, 1.807) is 54.6 Å². The summed E-state index contributed by atoms with van der Waals surface area (Å²) in [6, 6.07) is 16.2. The van der Waals surface area contributed by atoms with Gasteiger partial charge in [-0.25, -0.2) is 9.59 Å². The molecule has 2 aliphatic heterocycles. The van der Waals surface area contributed by atoms with Gasteiger partial charge in [-0.3, -0.25) is 14.4 Å². The van der Waals surface area contributed by atoms with Gasteiger partial charge in [-0.2, -0.15) is 4.68 Å². The molecule has 18 nitrogen and oxygen atoms in total. The molecule has 2 fully saturated rings. The number of H-pyrrole nitrogens is 1. The molecular formula is C35H33ClN10O8. The van der Waals surface area contributed by atoms with Gasteiger partial charge in [0.05, 0.1) is 37.3 Å². The molecule has 4 heterocycles. The van der Waals surface area contributed by atoms with Crippen molar-refractivity contribution in [2.75, 3.05) is 55.0 Å². The number of carbonyl (C=O) groups is 5. The molecule has 5 N–H and O–H groups in total. The molecule has 5 amide bonds. The molecule has 0 saturated carbocycles. The number of aromatic amines is 1. The van der Waals surface area contributed by atoms with Crippen LogP contribution in [0.2, 0.25) is 5.02 Å². The summed E-state index contributed by atoms with van der Waals surface area (Å²) in [6.45, 7) is 1.65. The number of aromatic carboxylic acids is 1. The van der Waals surface area contributed by atoms with Gasteiger partial charge in [-0.05, 0) is 70.6 Å². The van der Waals surface area contributed by atoms with E-state index >= 15 is 0 Å². The number of fused-ring (bicyclic) bond motifs is 1. The van der Waals surface area contributed by atoms with Crippen LogP contribution in [0.5, 0.6) is 0 Å². The third-order valence-corrected chi connectivity index (χ3v) is 9.13. The van der Waals surface area contributed by atoms with E-state index in [-0.39, 0.29) is 37.9 Å². The predicted molar refractivity (Wildman–Crippen MR) is 194 cm³/mol. The smallest absolute Gasteiger partial charge is 0.352 e. The van der Waals surface area contributed by atoms with Crippen molar-refractivity contribution in [2.45, 2.75) is 18.6 Å². The fraction of sp³-hybridized carbons (Fsp3) is 0.257. The number of carboxylic acids is 1. The fourth-order valence-corrected chi connectivity index (χ4v) is 6.40. The van der Waals surface area contributed by atoms with E-state index in [0.717, 1.165) is 0 Å². The third kappa shape index (κ3) is 7.99. The van der Waals surface area contributed by atoms with Crippen LogP contribution >= 0.6 is 11.6 Å². The van der Waals surface area contributed by atoms with Crippen LogP contribution in [0, 0.1) is 0 Å². The molecule has 1 unspecified atom stereocenters. The van der Waals surface area contributed by atoms with Crippen LogP contribution in [0.15, 0.2) is 73.1 Å². The summed E-state index contributed by atoms with van der Waals surface area (Å²) in [5, 5.41) is 29.8. The predicted octanol–water partition coefficient (Wildman–Crippen LogP) is 2.46. The van der Waals surface area contributed by atoms with Gasteiger partial charge in [0.25, 0.3) is 0 Å². The van der Waals surface area contributed by atoms with Crippen LogP contribution in [0.4, 0.5) is 21.9 Å². The number of hydrogen-bond donors (Lipinski definition) is 5. The van der Waals surface area contributed by atoms with Gasteiger partial charge >= 0.3 is 23.8 Å². The highest BCUT2D eigenvalue weighted by molar-refractivity contribution is 6.41. The van der Waals surface area contributed by atoms with Crippen molar-refractivity contribution >= 4 is 69.3 Å². The summed E-state index contributed by atoms with van der Waals surface area (Å²) >= 11 is 6.29. The van der Waals surface area contributed by atoms with E-state index in [0.29, 0.717) is 64.1 Å². The lowest BCUT2D eigenvalue weighted by Crippen LogP contribution is -2.60. The highest BCUT2D eigenvalue weighted by atomic mass is 35.5. The summed E-state index contributed by atoms with van der Waals surface area (Å²) in [5.41, 5.74) is 2.74. The van der Waals surface area contributed by atoms with E-state index in [2.05, 4.69) is 36.5 Å². The van der Waals surface area contributed by atoms with Crippen LogP contribution in [0.25, 0.3) is 16.6 Å². The summed E-state index contributed by atoms with van der Waals surface area (Å²) in [6.07, 6.45) is 1.12. The summed E-state index contributed by atoms with van der Waals surface area (Å²) in [7, 11) is 0. The number of piperazine rings is 1. The number of carboxylic acid groups (broad SMARTS) is 1. The lowest BCUT2D eigenvalue weighted by Gasteiger charge is -2.38. The summed E-state index contributed by atoms with van der Waals surface area (Å²) < 4.78 is 12.2. The summed E-state index contributed by atoms with van der Waals surface area (Å²) in [5.74, 6) is -3.52. The Balaban J connectivity index is 1.11. The Kier molecular flexibility index (Phi) is 10.5. The number of tetrazole rings is 1. The van der Waals surface area contributed by atoms with E-state index in [9.17, 15) is 29.1 Å². The molecule has 278 valence electrons. The molecule has 0 aliphatic carbocycles. The monoisotopic (exact) mass is 756 g/mol. The number of hydrogen-bond acceptors (Lipinski definition) is 10. The van der Waals surface area contributed by atoms with Gasteiger partial charge in [-0.15, -0.1) is 5.10 Å². The zero-order chi connectivity index (χ0) is 37.8. The maximum absolute atomic E-state index is 14.1. The molecule has 54 heavy (non-hydrogen) atoms. The largest absolute Gasteiger partial charge is 0.477 e. The van der Waals surface area contributed by atoms with Crippen molar-refractivity contribution < 1.29 is 38.6 Å². The molecule has 0 radical (unpaired) electrons. The first-order chi connectivity index (χ1) is 26.1. The van der Waals surface area contributed by atoms with Crippen LogP contribution in [0.3, 0.4) is 0 Å². The molecule has 19 heteroatoms. The van der Waals surface area contributed by atoms with Crippen molar-refractivity contribution in [3.05, 3.63) is 89.3 Å². The zero-order valence-corrected chi connectivity index (χ0v) is 29.2. The Bertz CT molecular complexity index is 2210. The molecule has 2 aromatic heterocycles. The van der Waals surface area contributed by atoms with Gasteiger partial charge in [0, 0.05) is 53.4 Å². The number of halogens is 1. The van der Waals surface area contributed by atoms with E-state index < -0.39 is 35.8 Å². The second-order valence-electron chi connectivity index (χ2n) is 12.4. The molecule has 2 atom stereocenters. The van der Waals surface area contributed by atoms with Crippen LogP contribution in [-0.4, -0.2) is 117 Å². The van der Waals surface area contributed by atoms with Crippen molar-refractivity contribution in [3.8, 4) is 5.69 Å². The SMILES string of the molecule is O=C(NCC1COCCO1)Nc1ccc(C[C@@H](C(=O)Nc2ccc3[nH]c(C(=O)O)cc3c2)N2CCN(c3cc(Cl)ccc3-n3cnnn3)C(=O)C2=O)cc1. The minimum absolute atomic E-state index is 0.0128. The zero-order valence-electron chi connectivity index (χ0n) is 28.4. The number of rotatable bonds is 11.